The molecule has 20 heavy (non-hydrogen) atoms. The highest BCUT2D eigenvalue weighted by molar-refractivity contribution is 5.95. The number of hydrogen-bond donors (Lipinski definition) is 4. The van der Waals surface area contributed by atoms with Gasteiger partial charge in [0.2, 0.25) is 5.91 Å². The Bertz CT molecular complexity index is 530. The van der Waals surface area contributed by atoms with Crippen LogP contribution in [0.4, 0.5) is 17.1 Å². The van der Waals surface area contributed by atoms with E-state index in [0.717, 1.165) is 54.9 Å². The van der Waals surface area contributed by atoms with Gasteiger partial charge in [0.05, 0.1) is 17.5 Å². The molecule has 1 aromatic carbocycles. The highest BCUT2D eigenvalue weighted by atomic mass is 16.3. The van der Waals surface area contributed by atoms with Gasteiger partial charge < -0.3 is 21.5 Å². The predicted molar refractivity (Wildman–Crippen MR) is 79.6 cm³/mol. The summed E-state index contributed by atoms with van der Waals surface area (Å²) in [6, 6.07) is 3.87. The van der Waals surface area contributed by atoms with E-state index in [2.05, 4.69) is 10.6 Å². The van der Waals surface area contributed by atoms with Gasteiger partial charge in [-0.25, -0.2) is 0 Å². The van der Waals surface area contributed by atoms with Gasteiger partial charge in [0.15, 0.2) is 0 Å². The molecular formula is C15H21N3O2. The first-order valence-electron chi connectivity index (χ1n) is 7.26. The van der Waals surface area contributed by atoms with Crippen molar-refractivity contribution >= 4 is 23.0 Å². The SMILES string of the molecule is Nc1cc2c(cc1NCC1CCC(O)C1)NC(=O)CC2. The molecule has 0 bridgehead atoms. The van der Waals surface area contributed by atoms with Gasteiger partial charge >= 0.3 is 0 Å². The van der Waals surface area contributed by atoms with Crippen LogP contribution >= 0.6 is 0 Å². The van der Waals surface area contributed by atoms with E-state index < -0.39 is 0 Å². The Morgan fingerprint density at radius 3 is 2.95 bits per heavy atom. The van der Waals surface area contributed by atoms with Crippen molar-refractivity contribution in [3.63, 3.8) is 0 Å². The van der Waals surface area contributed by atoms with Gasteiger partial charge in [-0.1, -0.05) is 0 Å². The fourth-order valence-corrected chi connectivity index (χ4v) is 3.09. The molecule has 3 rings (SSSR count). The zero-order chi connectivity index (χ0) is 14.1. The number of anilines is 3. The Kier molecular flexibility index (Phi) is 3.53. The van der Waals surface area contributed by atoms with Gasteiger partial charge in [0.25, 0.3) is 0 Å². The summed E-state index contributed by atoms with van der Waals surface area (Å²) in [5.41, 5.74) is 9.62. The molecule has 2 aliphatic rings. The molecule has 1 aliphatic carbocycles. The number of amides is 1. The van der Waals surface area contributed by atoms with Crippen molar-refractivity contribution in [3.05, 3.63) is 17.7 Å². The number of benzene rings is 1. The normalized spacial score (nSPS) is 25.1. The van der Waals surface area contributed by atoms with Crippen LogP contribution in [0.3, 0.4) is 0 Å². The highest BCUT2D eigenvalue weighted by Crippen LogP contribution is 2.32. The molecule has 0 spiro atoms. The third kappa shape index (κ3) is 2.72. The minimum atomic E-state index is -0.151. The summed E-state index contributed by atoms with van der Waals surface area (Å²) < 4.78 is 0. The maximum atomic E-state index is 11.4. The summed E-state index contributed by atoms with van der Waals surface area (Å²) in [7, 11) is 0. The van der Waals surface area contributed by atoms with Gasteiger partial charge in [-0.05, 0) is 49.3 Å². The van der Waals surface area contributed by atoms with Crippen molar-refractivity contribution in [2.45, 2.75) is 38.2 Å². The largest absolute Gasteiger partial charge is 0.397 e. The second-order valence-electron chi connectivity index (χ2n) is 5.86. The summed E-state index contributed by atoms with van der Waals surface area (Å²) in [4.78, 5) is 11.4. The molecule has 1 aliphatic heterocycles. The van der Waals surface area contributed by atoms with Crippen LogP contribution in [-0.2, 0) is 11.2 Å². The fourth-order valence-electron chi connectivity index (χ4n) is 3.09. The number of fused-ring (bicyclic) bond motifs is 1. The van der Waals surface area contributed by atoms with Gasteiger partial charge in [0, 0.05) is 18.7 Å². The van der Waals surface area contributed by atoms with Crippen LogP contribution in [-0.4, -0.2) is 23.7 Å². The molecule has 0 radical (unpaired) electrons. The number of aliphatic hydroxyl groups excluding tert-OH is 1. The molecule has 5 nitrogen and oxygen atoms in total. The van der Waals surface area contributed by atoms with Crippen molar-refractivity contribution in [3.8, 4) is 0 Å². The fraction of sp³-hybridized carbons (Fsp3) is 0.533. The van der Waals surface area contributed by atoms with E-state index >= 15 is 0 Å². The number of carbonyl (C=O) groups is 1. The molecule has 5 heteroatoms. The van der Waals surface area contributed by atoms with Gasteiger partial charge in [-0.3, -0.25) is 4.79 Å². The number of aliphatic hydroxyl groups is 1. The maximum Gasteiger partial charge on any atom is 0.224 e. The zero-order valence-corrected chi connectivity index (χ0v) is 11.5. The van der Waals surface area contributed by atoms with E-state index in [9.17, 15) is 9.90 Å². The maximum absolute atomic E-state index is 11.4. The molecule has 1 saturated carbocycles. The lowest BCUT2D eigenvalue weighted by atomic mass is 10.0. The molecule has 2 atom stereocenters. The van der Waals surface area contributed by atoms with E-state index in [1.807, 2.05) is 12.1 Å². The topological polar surface area (TPSA) is 87.4 Å². The lowest BCUT2D eigenvalue weighted by Gasteiger charge is -2.20. The average Bonchev–Trinajstić information content (AvgIpc) is 2.83. The summed E-state index contributed by atoms with van der Waals surface area (Å²) in [6.45, 7) is 0.813. The minimum Gasteiger partial charge on any atom is -0.397 e. The number of nitrogen functional groups attached to an aromatic ring is 1. The van der Waals surface area contributed by atoms with Crippen molar-refractivity contribution in [1.29, 1.82) is 0 Å². The molecular weight excluding hydrogens is 254 g/mol. The second-order valence-corrected chi connectivity index (χ2v) is 5.86. The van der Waals surface area contributed by atoms with Crippen molar-refractivity contribution in [2.75, 3.05) is 22.9 Å². The van der Waals surface area contributed by atoms with E-state index in [4.69, 9.17) is 5.73 Å². The van der Waals surface area contributed by atoms with Crippen LogP contribution in [0.2, 0.25) is 0 Å². The smallest absolute Gasteiger partial charge is 0.224 e. The van der Waals surface area contributed by atoms with Gasteiger partial charge in [-0.15, -0.1) is 0 Å². The highest BCUT2D eigenvalue weighted by Gasteiger charge is 2.23. The van der Waals surface area contributed by atoms with Crippen molar-refractivity contribution in [1.82, 2.24) is 0 Å². The zero-order valence-electron chi connectivity index (χ0n) is 11.5. The van der Waals surface area contributed by atoms with E-state index in [-0.39, 0.29) is 12.0 Å². The van der Waals surface area contributed by atoms with E-state index in [1.54, 1.807) is 0 Å². The lowest BCUT2D eigenvalue weighted by molar-refractivity contribution is -0.116. The summed E-state index contributed by atoms with van der Waals surface area (Å²) in [5, 5.41) is 15.8. The predicted octanol–water partition coefficient (Wildman–Crippen LogP) is 1.73. The Hall–Kier alpha value is -1.75. The Balaban J connectivity index is 1.70. The monoisotopic (exact) mass is 275 g/mol. The first kappa shape index (κ1) is 13.2. The number of aryl methyl sites for hydroxylation is 1. The molecule has 1 fully saturated rings. The molecule has 2 unspecified atom stereocenters. The van der Waals surface area contributed by atoms with Crippen molar-refractivity contribution < 1.29 is 9.90 Å². The van der Waals surface area contributed by atoms with Crippen LogP contribution in [0.15, 0.2) is 12.1 Å². The number of nitrogens with one attached hydrogen (secondary N) is 2. The van der Waals surface area contributed by atoms with Gasteiger partial charge in [-0.2, -0.15) is 0 Å². The summed E-state index contributed by atoms with van der Waals surface area (Å²) >= 11 is 0. The molecule has 108 valence electrons. The van der Waals surface area contributed by atoms with Gasteiger partial charge in [0.1, 0.15) is 0 Å². The Morgan fingerprint density at radius 1 is 1.35 bits per heavy atom. The Morgan fingerprint density at radius 2 is 2.20 bits per heavy atom. The van der Waals surface area contributed by atoms with Crippen LogP contribution in [0, 0.1) is 5.92 Å². The molecule has 0 aromatic heterocycles. The third-order valence-corrected chi connectivity index (χ3v) is 4.27. The molecule has 1 amide bonds. The minimum absolute atomic E-state index is 0.0622. The average molecular weight is 275 g/mol. The quantitative estimate of drug-likeness (QED) is 0.633. The number of nitrogens with two attached hydrogens (primary N) is 1. The lowest BCUT2D eigenvalue weighted by Crippen LogP contribution is -2.20. The first-order chi connectivity index (χ1) is 9.61. The van der Waals surface area contributed by atoms with Crippen LogP contribution in [0.25, 0.3) is 0 Å². The Labute approximate surface area is 118 Å². The molecule has 1 heterocycles. The number of carbonyl (C=O) groups excluding carboxylic acids is 1. The van der Waals surface area contributed by atoms with Crippen LogP contribution in [0.1, 0.15) is 31.2 Å². The number of rotatable bonds is 3. The first-order valence-corrected chi connectivity index (χ1v) is 7.26. The molecule has 0 saturated heterocycles. The summed E-state index contributed by atoms with van der Waals surface area (Å²) in [5.74, 6) is 0.558. The van der Waals surface area contributed by atoms with E-state index in [0.29, 0.717) is 12.3 Å². The van der Waals surface area contributed by atoms with Crippen LogP contribution in [0.5, 0.6) is 0 Å². The number of hydrogen-bond acceptors (Lipinski definition) is 4. The molecule has 1 aromatic rings. The summed E-state index contributed by atoms with van der Waals surface area (Å²) in [6.07, 6.45) is 3.92. The molecule has 5 N–H and O–H groups in total. The van der Waals surface area contributed by atoms with E-state index in [1.165, 1.54) is 0 Å². The standard InChI is InChI=1S/C15H21N3O2/c16-12-6-10-2-4-15(20)18-13(10)7-14(12)17-8-9-1-3-11(19)5-9/h6-7,9,11,17,19H,1-5,8,16H2,(H,18,20). The van der Waals surface area contributed by atoms with Crippen LogP contribution < -0.4 is 16.4 Å². The second kappa shape index (κ2) is 5.32. The third-order valence-electron chi connectivity index (χ3n) is 4.27. The van der Waals surface area contributed by atoms with Crippen molar-refractivity contribution in [2.24, 2.45) is 5.92 Å².